The molecule has 2 nitrogen and oxygen atoms in total. The van der Waals surface area contributed by atoms with E-state index in [-0.39, 0.29) is 5.78 Å². The minimum absolute atomic E-state index is 0.102. The molecule has 19 heavy (non-hydrogen) atoms. The van der Waals surface area contributed by atoms with Crippen molar-refractivity contribution in [3.8, 4) is 5.69 Å². The predicted molar refractivity (Wildman–Crippen MR) is 78.0 cm³/mol. The zero-order valence-corrected chi connectivity index (χ0v) is 11.1. The van der Waals surface area contributed by atoms with Crippen LogP contribution in [0.1, 0.15) is 22.8 Å². The molecule has 2 heteroatoms. The number of benzene rings is 2. The molecule has 0 radical (unpaired) electrons. The quantitative estimate of drug-likeness (QED) is 0.625. The Morgan fingerprint density at radius 2 is 1.89 bits per heavy atom. The molecule has 0 aliphatic carbocycles. The van der Waals surface area contributed by atoms with Crippen molar-refractivity contribution < 1.29 is 4.79 Å². The standard InChI is InChI=1S/C17H15NO/c1-12-4-3-5-16(10-12)18-9-8-15-11-14(13(2)19)6-7-17(15)18/h3-11H,1-2H3. The first kappa shape index (κ1) is 11.7. The lowest BCUT2D eigenvalue weighted by Crippen LogP contribution is -1.94. The maximum absolute atomic E-state index is 11.4. The molecule has 0 saturated carbocycles. The Kier molecular flexibility index (Phi) is 2.71. The van der Waals surface area contributed by atoms with Crippen molar-refractivity contribution >= 4 is 16.7 Å². The fourth-order valence-corrected chi connectivity index (χ4v) is 2.36. The monoisotopic (exact) mass is 249 g/mol. The molecule has 94 valence electrons. The molecule has 0 amide bonds. The Morgan fingerprint density at radius 1 is 1.05 bits per heavy atom. The third kappa shape index (κ3) is 2.06. The lowest BCUT2D eigenvalue weighted by atomic mass is 10.1. The Balaban J connectivity index is 2.18. The lowest BCUT2D eigenvalue weighted by molar-refractivity contribution is 0.101. The van der Waals surface area contributed by atoms with Gasteiger partial charge in [0.25, 0.3) is 0 Å². The van der Waals surface area contributed by atoms with Gasteiger partial charge in [-0.15, -0.1) is 0 Å². The van der Waals surface area contributed by atoms with Gasteiger partial charge in [0.15, 0.2) is 5.78 Å². The summed E-state index contributed by atoms with van der Waals surface area (Å²) >= 11 is 0. The van der Waals surface area contributed by atoms with Gasteiger partial charge in [-0.05, 0) is 55.8 Å². The second-order valence-corrected chi connectivity index (χ2v) is 4.85. The summed E-state index contributed by atoms with van der Waals surface area (Å²) in [5.74, 6) is 0.102. The van der Waals surface area contributed by atoms with E-state index in [1.807, 2.05) is 30.5 Å². The van der Waals surface area contributed by atoms with Gasteiger partial charge in [0.05, 0.1) is 5.52 Å². The summed E-state index contributed by atoms with van der Waals surface area (Å²) in [6.45, 7) is 3.68. The van der Waals surface area contributed by atoms with E-state index in [9.17, 15) is 4.79 Å². The largest absolute Gasteiger partial charge is 0.317 e. The van der Waals surface area contributed by atoms with Crippen molar-refractivity contribution in [3.05, 3.63) is 65.9 Å². The topological polar surface area (TPSA) is 22.0 Å². The summed E-state index contributed by atoms with van der Waals surface area (Å²) in [6.07, 6.45) is 2.04. The van der Waals surface area contributed by atoms with Gasteiger partial charge >= 0.3 is 0 Å². The molecular weight excluding hydrogens is 234 g/mol. The van der Waals surface area contributed by atoms with Crippen molar-refractivity contribution in [2.75, 3.05) is 0 Å². The Morgan fingerprint density at radius 3 is 2.63 bits per heavy atom. The van der Waals surface area contributed by atoms with Crippen LogP contribution < -0.4 is 0 Å². The molecule has 2 aromatic carbocycles. The highest BCUT2D eigenvalue weighted by Crippen LogP contribution is 2.22. The summed E-state index contributed by atoms with van der Waals surface area (Å²) in [5, 5.41) is 1.09. The van der Waals surface area contributed by atoms with Crippen molar-refractivity contribution in [1.82, 2.24) is 4.57 Å². The lowest BCUT2D eigenvalue weighted by Gasteiger charge is -2.06. The number of aromatic nitrogens is 1. The normalized spacial score (nSPS) is 10.8. The highest BCUT2D eigenvalue weighted by molar-refractivity contribution is 5.98. The Labute approximate surface area is 112 Å². The number of hydrogen-bond acceptors (Lipinski definition) is 1. The first-order chi connectivity index (χ1) is 9.15. The maximum atomic E-state index is 11.4. The molecular formula is C17H15NO. The van der Waals surface area contributed by atoms with Crippen molar-refractivity contribution in [2.45, 2.75) is 13.8 Å². The molecule has 0 atom stereocenters. The molecule has 3 rings (SSSR count). The van der Waals surface area contributed by atoms with E-state index in [1.54, 1.807) is 6.92 Å². The SMILES string of the molecule is CC(=O)c1ccc2c(ccn2-c2cccc(C)c2)c1. The number of rotatable bonds is 2. The van der Waals surface area contributed by atoms with Crippen molar-refractivity contribution in [1.29, 1.82) is 0 Å². The van der Waals surface area contributed by atoms with Gasteiger partial charge in [0.2, 0.25) is 0 Å². The number of carbonyl (C=O) groups excluding carboxylic acids is 1. The molecule has 0 saturated heterocycles. The highest BCUT2D eigenvalue weighted by atomic mass is 16.1. The van der Waals surface area contributed by atoms with Gasteiger partial charge in [-0.1, -0.05) is 12.1 Å². The van der Waals surface area contributed by atoms with E-state index in [2.05, 4.69) is 35.8 Å². The van der Waals surface area contributed by atoms with Crippen LogP contribution in [0, 0.1) is 6.92 Å². The molecule has 1 aromatic heterocycles. The van der Waals surface area contributed by atoms with Gasteiger partial charge in [-0.3, -0.25) is 4.79 Å². The minimum Gasteiger partial charge on any atom is -0.317 e. The molecule has 0 unspecified atom stereocenters. The van der Waals surface area contributed by atoms with E-state index in [0.717, 1.165) is 22.2 Å². The van der Waals surface area contributed by atoms with Crippen LogP contribution in [-0.2, 0) is 0 Å². The molecule has 0 aliphatic rings. The minimum atomic E-state index is 0.102. The van der Waals surface area contributed by atoms with Gasteiger partial charge in [-0.25, -0.2) is 0 Å². The van der Waals surface area contributed by atoms with E-state index < -0.39 is 0 Å². The summed E-state index contributed by atoms with van der Waals surface area (Å²) in [7, 11) is 0. The average Bonchev–Trinajstić information content (AvgIpc) is 2.81. The third-order valence-corrected chi connectivity index (χ3v) is 3.38. The number of hydrogen-bond donors (Lipinski definition) is 0. The summed E-state index contributed by atoms with van der Waals surface area (Å²) in [6, 6.07) is 16.3. The van der Waals surface area contributed by atoms with Gasteiger partial charge < -0.3 is 4.57 Å². The van der Waals surface area contributed by atoms with Crippen molar-refractivity contribution in [2.24, 2.45) is 0 Å². The number of Topliss-reactive ketones (excluding diaryl/α,β-unsaturated/α-hetero) is 1. The van der Waals surface area contributed by atoms with E-state index in [4.69, 9.17) is 0 Å². The molecule has 3 aromatic rings. The zero-order chi connectivity index (χ0) is 13.4. The molecule has 0 aliphatic heterocycles. The summed E-state index contributed by atoms with van der Waals surface area (Å²) < 4.78 is 2.15. The number of ketones is 1. The second kappa shape index (κ2) is 4.39. The predicted octanol–water partition coefficient (Wildman–Crippen LogP) is 4.14. The van der Waals surface area contributed by atoms with Gasteiger partial charge in [0.1, 0.15) is 0 Å². The van der Waals surface area contributed by atoms with Crippen LogP contribution in [-0.4, -0.2) is 10.4 Å². The van der Waals surface area contributed by atoms with E-state index in [1.165, 1.54) is 5.56 Å². The van der Waals surface area contributed by atoms with E-state index >= 15 is 0 Å². The van der Waals surface area contributed by atoms with Crippen LogP contribution in [0.5, 0.6) is 0 Å². The van der Waals surface area contributed by atoms with Crippen LogP contribution in [0.25, 0.3) is 16.6 Å². The molecule has 0 N–H and O–H groups in total. The van der Waals surface area contributed by atoms with Crippen LogP contribution in [0.15, 0.2) is 54.7 Å². The molecule has 0 spiro atoms. The van der Waals surface area contributed by atoms with Crippen molar-refractivity contribution in [3.63, 3.8) is 0 Å². The van der Waals surface area contributed by atoms with Crippen LogP contribution in [0.3, 0.4) is 0 Å². The van der Waals surface area contributed by atoms with Gasteiger partial charge in [0, 0.05) is 22.8 Å². The fourth-order valence-electron chi connectivity index (χ4n) is 2.36. The van der Waals surface area contributed by atoms with Crippen LogP contribution in [0.2, 0.25) is 0 Å². The zero-order valence-electron chi connectivity index (χ0n) is 11.1. The molecule has 0 bridgehead atoms. The van der Waals surface area contributed by atoms with Crippen LogP contribution >= 0.6 is 0 Å². The third-order valence-electron chi connectivity index (χ3n) is 3.38. The number of carbonyl (C=O) groups is 1. The number of nitrogens with zero attached hydrogens (tertiary/aromatic N) is 1. The summed E-state index contributed by atoms with van der Waals surface area (Å²) in [5.41, 5.74) is 4.26. The molecule has 0 fully saturated rings. The van der Waals surface area contributed by atoms with E-state index in [0.29, 0.717) is 0 Å². The maximum Gasteiger partial charge on any atom is 0.159 e. The Hall–Kier alpha value is -2.35. The number of fused-ring (bicyclic) bond motifs is 1. The smallest absolute Gasteiger partial charge is 0.159 e. The number of aryl methyl sites for hydroxylation is 1. The highest BCUT2D eigenvalue weighted by Gasteiger charge is 2.06. The second-order valence-electron chi connectivity index (χ2n) is 4.85. The fraction of sp³-hybridized carbons (Fsp3) is 0.118. The summed E-state index contributed by atoms with van der Waals surface area (Å²) in [4.78, 5) is 11.4. The first-order valence-electron chi connectivity index (χ1n) is 6.34. The Bertz CT molecular complexity index is 768. The average molecular weight is 249 g/mol. The van der Waals surface area contributed by atoms with Gasteiger partial charge in [-0.2, -0.15) is 0 Å². The first-order valence-corrected chi connectivity index (χ1v) is 6.34. The molecule has 1 heterocycles. The van der Waals surface area contributed by atoms with Crippen LogP contribution in [0.4, 0.5) is 0 Å².